The van der Waals surface area contributed by atoms with Gasteiger partial charge in [-0.2, -0.15) is 0 Å². The fourth-order valence-electron chi connectivity index (χ4n) is 1.96. The maximum Gasteiger partial charge on any atom is 0.248 e. The van der Waals surface area contributed by atoms with E-state index in [2.05, 4.69) is 15.6 Å². The first-order chi connectivity index (χ1) is 11.7. The molecule has 0 unspecified atom stereocenters. The lowest BCUT2D eigenvalue weighted by molar-refractivity contribution is 0.1000. The third-order valence-electron chi connectivity index (χ3n) is 3.19. The highest BCUT2D eigenvalue weighted by atomic mass is 127. The molecule has 0 saturated heterocycles. The summed E-state index contributed by atoms with van der Waals surface area (Å²) in [4.78, 5) is 15.8. The number of ether oxygens (including phenoxy) is 2. The number of guanidine groups is 1. The predicted octanol–water partition coefficient (Wildman–Crippen LogP) is 1.51. The minimum absolute atomic E-state index is 0. The summed E-state index contributed by atoms with van der Waals surface area (Å²) < 4.78 is 10.4. The molecule has 1 amide bonds. The van der Waals surface area contributed by atoms with Gasteiger partial charge in [0, 0.05) is 39.0 Å². The van der Waals surface area contributed by atoms with E-state index in [0.717, 1.165) is 31.7 Å². The van der Waals surface area contributed by atoms with E-state index in [-0.39, 0.29) is 24.0 Å². The Morgan fingerprint density at radius 3 is 2.68 bits per heavy atom. The maximum absolute atomic E-state index is 11.2. The van der Waals surface area contributed by atoms with Gasteiger partial charge < -0.3 is 25.8 Å². The average Bonchev–Trinajstić information content (AvgIpc) is 2.59. The molecule has 0 bridgehead atoms. The average molecular weight is 464 g/mol. The fraction of sp³-hybridized carbons (Fsp3) is 0.529. The van der Waals surface area contributed by atoms with Crippen LogP contribution >= 0.6 is 24.0 Å². The SMILES string of the molecule is CCOCCCNC(=NCc1cccc(C(N)=O)c1)NCCOC.I. The van der Waals surface area contributed by atoms with Crippen LogP contribution in [-0.2, 0) is 16.0 Å². The number of methoxy groups -OCH3 is 1. The Morgan fingerprint density at radius 1 is 1.24 bits per heavy atom. The van der Waals surface area contributed by atoms with E-state index < -0.39 is 5.91 Å². The van der Waals surface area contributed by atoms with Crippen LogP contribution in [0.1, 0.15) is 29.3 Å². The number of aliphatic imine (C=N–C) groups is 1. The van der Waals surface area contributed by atoms with Crippen molar-refractivity contribution in [2.45, 2.75) is 19.9 Å². The normalized spacial score (nSPS) is 10.9. The van der Waals surface area contributed by atoms with Crippen LogP contribution in [0.15, 0.2) is 29.3 Å². The lowest BCUT2D eigenvalue weighted by atomic mass is 10.1. The summed E-state index contributed by atoms with van der Waals surface area (Å²) in [6.45, 7) is 5.90. The predicted molar refractivity (Wildman–Crippen MR) is 111 cm³/mol. The highest BCUT2D eigenvalue weighted by molar-refractivity contribution is 14.0. The quantitative estimate of drug-likeness (QED) is 0.200. The fourth-order valence-corrected chi connectivity index (χ4v) is 1.96. The molecule has 4 N–H and O–H groups in total. The smallest absolute Gasteiger partial charge is 0.248 e. The standard InChI is InChI=1S/C17H28N4O3.HI/c1-3-24-10-5-8-19-17(20-9-11-23-2)21-13-14-6-4-7-15(12-14)16(18)22;/h4,6-7,12H,3,5,8-11,13H2,1-2H3,(H2,18,22)(H2,19,20,21);1H. The molecule has 0 aromatic heterocycles. The molecule has 0 aliphatic heterocycles. The van der Waals surface area contributed by atoms with Gasteiger partial charge in [-0.1, -0.05) is 12.1 Å². The molecule has 0 radical (unpaired) electrons. The van der Waals surface area contributed by atoms with E-state index in [0.29, 0.717) is 31.2 Å². The first-order valence-corrected chi connectivity index (χ1v) is 8.15. The lowest BCUT2D eigenvalue weighted by Gasteiger charge is -2.12. The second-order valence-corrected chi connectivity index (χ2v) is 5.13. The Kier molecular flexibility index (Phi) is 14.1. The maximum atomic E-state index is 11.2. The van der Waals surface area contributed by atoms with E-state index in [1.807, 2.05) is 13.0 Å². The molecule has 0 spiro atoms. The van der Waals surface area contributed by atoms with Crippen molar-refractivity contribution in [1.82, 2.24) is 10.6 Å². The summed E-state index contributed by atoms with van der Waals surface area (Å²) >= 11 is 0. The molecule has 0 heterocycles. The highest BCUT2D eigenvalue weighted by Crippen LogP contribution is 2.06. The third-order valence-corrected chi connectivity index (χ3v) is 3.19. The summed E-state index contributed by atoms with van der Waals surface area (Å²) in [5, 5.41) is 6.46. The number of halogens is 1. The number of nitrogens with one attached hydrogen (secondary N) is 2. The van der Waals surface area contributed by atoms with Gasteiger partial charge in [-0.3, -0.25) is 4.79 Å². The number of rotatable bonds is 11. The van der Waals surface area contributed by atoms with Gasteiger partial charge in [-0.25, -0.2) is 4.99 Å². The van der Waals surface area contributed by atoms with E-state index in [4.69, 9.17) is 15.2 Å². The summed E-state index contributed by atoms with van der Waals surface area (Å²) in [5.41, 5.74) is 6.71. The van der Waals surface area contributed by atoms with Gasteiger partial charge >= 0.3 is 0 Å². The Morgan fingerprint density at radius 2 is 2.00 bits per heavy atom. The van der Waals surface area contributed by atoms with Gasteiger partial charge in [0.05, 0.1) is 13.2 Å². The zero-order valence-electron chi connectivity index (χ0n) is 14.9. The summed E-state index contributed by atoms with van der Waals surface area (Å²) in [6, 6.07) is 7.17. The third kappa shape index (κ3) is 11.0. The lowest BCUT2D eigenvalue weighted by Crippen LogP contribution is -2.39. The minimum atomic E-state index is -0.437. The van der Waals surface area contributed by atoms with E-state index in [1.54, 1.807) is 25.3 Å². The van der Waals surface area contributed by atoms with Crippen LogP contribution in [0.2, 0.25) is 0 Å². The van der Waals surface area contributed by atoms with Gasteiger partial charge in [0.25, 0.3) is 0 Å². The molecular formula is C17H29IN4O3. The number of hydrogen-bond donors (Lipinski definition) is 3. The Bertz CT molecular complexity index is 526. The number of benzene rings is 1. The van der Waals surface area contributed by atoms with Crippen molar-refractivity contribution in [3.63, 3.8) is 0 Å². The molecule has 25 heavy (non-hydrogen) atoms. The van der Waals surface area contributed by atoms with E-state index in [9.17, 15) is 4.79 Å². The molecule has 0 atom stereocenters. The van der Waals surface area contributed by atoms with Crippen LogP contribution in [0, 0.1) is 0 Å². The number of carbonyl (C=O) groups is 1. The molecule has 1 rings (SSSR count). The number of nitrogens with zero attached hydrogens (tertiary/aromatic N) is 1. The molecule has 1 aromatic rings. The molecule has 0 fully saturated rings. The number of amides is 1. The van der Waals surface area contributed by atoms with E-state index in [1.165, 1.54) is 0 Å². The van der Waals surface area contributed by atoms with Crippen LogP contribution in [-0.4, -0.2) is 51.9 Å². The molecule has 0 aliphatic carbocycles. The van der Waals surface area contributed by atoms with Crippen LogP contribution in [0.5, 0.6) is 0 Å². The van der Waals surface area contributed by atoms with Crippen molar-refractivity contribution in [2.24, 2.45) is 10.7 Å². The zero-order chi connectivity index (χ0) is 17.6. The summed E-state index contributed by atoms with van der Waals surface area (Å²) in [7, 11) is 1.66. The molecule has 0 aliphatic rings. The number of hydrogen-bond acceptors (Lipinski definition) is 4. The van der Waals surface area contributed by atoms with Crippen LogP contribution < -0.4 is 16.4 Å². The number of nitrogens with two attached hydrogens (primary N) is 1. The summed E-state index contributed by atoms with van der Waals surface area (Å²) in [5.74, 6) is 0.265. The van der Waals surface area contributed by atoms with Crippen molar-refractivity contribution >= 4 is 35.8 Å². The monoisotopic (exact) mass is 464 g/mol. The second-order valence-electron chi connectivity index (χ2n) is 5.13. The van der Waals surface area contributed by atoms with Crippen molar-refractivity contribution in [3.8, 4) is 0 Å². The van der Waals surface area contributed by atoms with Crippen LogP contribution in [0.25, 0.3) is 0 Å². The van der Waals surface area contributed by atoms with Crippen molar-refractivity contribution in [1.29, 1.82) is 0 Å². The first kappa shape index (κ1) is 23.6. The molecule has 1 aromatic carbocycles. The van der Waals surface area contributed by atoms with Crippen LogP contribution in [0.3, 0.4) is 0 Å². The Labute approximate surface area is 166 Å². The van der Waals surface area contributed by atoms with Gasteiger partial charge in [-0.05, 0) is 31.0 Å². The number of carbonyl (C=O) groups excluding carboxylic acids is 1. The van der Waals surface area contributed by atoms with Gasteiger partial charge in [0.2, 0.25) is 5.91 Å². The first-order valence-electron chi connectivity index (χ1n) is 8.15. The van der Waals surface area contributed by atoms with Crippen molar-refractivity contribution < 1.29 is 14.3 Å². The van der Waals surface area contributed by atoms with Gasteiger partial charge in [-0.15, -0.1) is 24.0 Å². The molecule has 8 heteroatoms. The topological polar surface area (TPSA) is 98.0 Å². The summed E-state index contributed by atoms with van der Waals surface area (Å²) in [6.07, 6.45) is 0.899. The van der Waals surface area contributed by atoms with Gasteiger partial charge in [0.1, 0.15) is 0 Å². The second kappa shape index (κ2) is 14.9. The minimum Gasteiger partial charge on any atom is -0.383 e. The zero-order valence-corrected chi connectivity index (χ0v) is 17.2. The van der Waals surface area contributed by atoms with E-state index >= 15 is 0 Å². The van der Waals surface area contributed by atoms with Gasteiger partial charge in [0.15, 0.2) is 5.96 Å². The molecule has 7 nitrogen and oxygen atoms in total. The molecular weight excluding hydrogens is 435 g/mol. The van der Waals surface area contributed by atoms with Crippen LogP contribution in [0.4, 0.5) is 0 Å². The molecule has 142 valence electrons. The van der Waals surface area contributed by atoms with Crippen molar-refractivity contribution in [2.75, 3.05) is 40.0 Å². The largest absolute Gasteiger partial charge is 0.383 e. The Balaban J connectivity index is 0.00000576. The highest BCUT2D eigenvalue weighted by Gasteiger charge is 2.02. The Hall–Kier alpha value is -1.39. The van der Waals surface area contributed by atoms with Crippen molar-refractivity contribution in [3.05, 3.63) is 35.4 Å². The number of primary amides is 1. The molecule has 0 saturated carbocycles.